The van der Waals surface area contributed by atoms with Crippen LogP contribution in [0.4, 0.5) is 0 Å². The second-order valence-corrected chi connectivity index (χ2v) is 10.8. The number of carbonyl (C=O) groups is 2. The predicted octanol–water partition coefficient (Wildman–Crippen LogP) is 5.46. The molecule has 0 saturated heterocycles. The SMILES string of the molecule is COc1cccc(C(=O)N(CCC(C)C)CC(=O)N2CCc3sccc3C2COc2ccccc2OC)c1. The summed E-state index contributed by atoms with van der Waals surface area (Å²) in [6, 6.07) is 16.4. The Morgan fingerprint density at radius 3 is 2.58 bits per heavy atom. The van der Waals surface area contributed by atoms with Crippen molar-refractivity contribution in [2.75, 3.05) is 40.5 Å². The van der Waals surface area contributed by atoms with Crippen LogP contribution >= 0.6 is 11.3 Å². The molecule has 1 aliphatic heterocycles. The topological polar surface area (TPSA) is 68.3 Å². The first-order chi connectivity index (χ1) is 18.4. The van der Waals surface area contributed by atoms with Gasteiger partial charge in [0.05, 0.1) is 20.3 Å². The fraction of sp³-hybridized carbons (Fsp3) is 0.400. The van der Waals surface area contributed by atoms with Gasteiger partial charge in [-0.25, -0.2) is 0 Å². The Morgan fingerprint density at radius 1 is 1.05 bits per heavy atom. The molecular formula is C30H36N2O5S. The van der Waals surface area contributed by atoms with Crippen molar-refractivity contribution < 1.29 is 23.8 Å². The van der Waals surface area contributed by atoms with Crippen LogP contribution in [-0.4, -0.2) is 62.1 Å². The van der Waals surface area contributed by atoms with E-state index >= 15 is 0 Å². The summed E-state index contributed by atoms with van der Waals surface area (Å²) in [7, 11) is 3.19. The zero-order valence-electron chi connectivity index (χ0n) is 22.5. The number of nitrogens with zero attached hydrogens (tertiary/aromatic N) is 2. The Morgan fingerprint density at radius 2 is 1.84 bits per heavy atom. The molecule has 0 aliphatic carbocycles. The number of amides is 2. The van der Waals surface area contributed by atoms with Crippen LogP contribution in [0.3, 0.4) is 0 Å². The maximum absolute atomic E-state index is 13.8. The minimum Gasteiger partial charge on any atom is -0.497 e. The number of ether oxygens (including phenoxy) is 3. The van der Waals surface area contributed by atoms with E-state index in [0.717, 1.165) is 18.4 Å². The summed E-state index contributed by atoms with van der Waals surface area (Å²) in [5, 5.41) is 2.07. The fourth-order valence-corrected chi connectivity index (χ4v) is 5.57. The van der Waals surface area contributed by atoms with E-state index < -0.39 is 0 Å². The van der Waals surface area contributed by atoms with Gasteiger partial charge in [0.2, 0.25) is 5.91 Å². The van der Waals surface area contributed by atoms with Crippen LogP contribution in [0.2, 0.25) is 0 Å². The van der Waals surface area contributed by atoms with Crippen molar-refractivity contribution in [3.63, 3.8) is 0 Å². The molecule has 0 fully saturated rings. The van der Waals surface area contributed by atoms with Gasteiger partial charge in [-0.3, -0.25) is 9.59 Å². The Bertz CT molecular complexity index is 1240. The summed E-state index contributed by atoms with van der Waals surface area (Å²) in [5.41, 5.74) is 1.62. The fourth-order valence-electron chi connectivity index (χ4n) is 4.64. The molecule has 0 radical (unpaired) electrons. The van der Waals surface area contributed by atoms with Gasteiger partial charge in [0, 0.05) is 23.5 Å². The molecule has 0 bridgehead atoms. The lowest BCUT2D eigenvalue weighted by atomic mass is 10.00. The van der Waals surface area contributed by atoms with Crippen LogP contribution in [0.15, 0.2) is 60.0 Å². The molecule has 4 rings (SSSR count). The summed E-state index contributed by atoms with van der Waals surface area (Å²) in [6.45, 7) is 5.62. The van der Waals surface area contributed by atoms with E-state index in [1.165, 1.54) is 4.88 Å². The van der Waals surface area contributed by atoms with E-state index in [2.05, 4.69) is 25.3 Å². The molecule has 8 heteroatoms. The average molecular weight is 537 g/mol. The smallest absolute Gasteiger partial charge is 0.254 e. The van der Waals surface area contributed by atoms with Gasteiger partial charge in [0.15, 0.2) is 11.5 Å². The van der Waals surface area contributed by atoms with Gasteiger partial charge >= 0.3 is 0 Å². The summed E-state index contributed by atoms with van der Waals surface area (Å²) >= 11 is 1.71. The molecular weight excluding hydrogens is 500 g/mol. The first-order valence-corrected chi connectivity index (χ1v) is 13.8. The zero-order chi connectivity index (χ0) is 27.1. The average Bonchev–Trinajstić information content (AvgIpc) is 3.42. The Balaban J connectivity index is 1.55. The van der Waals surface area contributed by atoms with Crippen molar-refractivity contribution in [3.05, 3.63) is 76.0 Å². The van der Waals surface area contributed by atoms with Gasteiger partial charge in [0.25, 0.3) is 5.91 Å². The minimum atomic E-state index is -0.249. The number of benzene rings is 2. The van der Waals surface area contributed by atoms with Crippen LogP contribution < -0.4 is 14.2 Å². The molecule has 0 saturated carbocycles. The highest BCUT2D eigenvalue weighted by Crippen LogP contribution is 2.35. The molecule has 3 aromatic rings. The predicted molar refractivity (Wildman–Crippen MR) is 149 cm³/mol. The molecule has 38 heavy (non-hydrogen) atoms. The minimum absolute atomic E-state index is 0.00733. The third-order valence-corrected chi connectivity index (χ3v) is 7.78. The lowest BCUT2D eigenvalue weighted by Crippen LogP contribution is -2.48. The Kier molecular flexibility index (Phi) is 9.29. The van der Waals surface area contributed by atoms with Crippen LogP contribution in [0.25, 0.3) is 0 Å². The third kappa shape index (κ3) is 6.48. The summed E-state index contributed by atoms with van der Waals surface area (Å²) in [6.07, 6.45) is 1.59. The number of para-hydroxylation sites is 2. The molecule has 1 aromatic heterocycles. The monoisotopic (exact) mass is 536 g/mol. The van der Waals surface area contributed by atoms with Crippen molar-refractivity contribution in [2.45, 2.75) is 32.7 Å². The van der Waals surface area contributed by atoms with Crippen molar-refractivity contribution >= 4 is 23.2 Å². The maximum atomic E-state index is 13.8. The van der Waals surface area contributed by atoms with Crippen molar-refractivity contribution in [1.82, 2.24) is 9.80 Å². The molecule has 2 aromatic carbocycles. The number of fused-ring (bicyclic) bond motifs is 1. The molecule has 0 N–H and O–H groups in total. The van der Waals surface area contributed by atoms with Crippen molar-refractivity contribution in [3.8, 4) is 17.2 Å². The van der Waals surface area contributed by atoms with Crippen LogP contribution in [0, 0.1) is 5.92 Å². The maximum Gasteiger partial charge on any atom is 0.254 e. The Labute approximate surface area is 228 Å². The van der Waals surface area contributed by atoms with E-state index in [1.807, 2.05) is 29.2 Å². The second-order valence-electron chi connectivity index (χ2n) is 9.76. The molecule has 2 heterocycles. The lowest BCUT2D eigenvalue weighted by molar-refractivity contribution is -0.135. The van der Waals surface area contributed by atoms with Crippen molar-refractivity contribution in [2.24, 2.45) is 5.92 Å². The third-order valence-electron chi connectivity index (χ3n) is 6.79. The van der Waals surface area contributed by atoms with Gasteiger partial charge in [-0.05, 0) is 66.1 Å². The number of hydrogen-bond donors (Lipinski definition) is 0. The zero-order valence-corrected chi connectivity index (χ0v) is 23.3. The van der Waals surface area contributed by atoms with Gasteiger partial charge in [-0.2, -0.15) is 0 Å². The molecule has 1 atom stereocenters. The summed E-state index contributed by atoms with van der Waals surface area (Å²) in [4.78, 5) is 32.1. The van der Waals surface area contributed by atoms with E-state index in [9.17, 15) is 9.59 Å². The van der Waals surface area contributed by atoms with Gasteiger partial charge in [-0.15, -0.1) is 11.3 Å². The number of rotatable bonds is 11. The lowest BCUT2D eigenvalue weighted by Gasteiger charge is -2.37. The molecule has 1 aliphatic rings. The summed E-state index contributed by atoms with van der Waals surface area (Å²) in [5.74, 6) is 2.03. The number of thiophene rings is 1. The number of methoxy groups -OCH3 is 2. The highest BCUT2D eigenvalue weighted by Gasteiger charge is 2.34. The van der Waals surface area contributed by atoms with Crippen LogP contribution in [-0.2, 0) is 11.2 Å². The van der Waals surface area contributed by atoms with Crippen molar-refractivity contribution in [1.29, 1.82) is 0 Å². The van der Waals surface area contributed by atoms with E-state index in [-0.39, 0.29) is 24.4 Å². The van der Waals surface area contributed by atoms with Gasteiger partial charge in [0.1, 0.15) is 18.9 Å². The van der Waals surface area contributed by atoms with Crippen LogP contribution in [0.5, 0.6) is 17.2 Å². The molecule has 202 valence electrons. The summed E-state index contributed by atoms with van der Waals surface area (Å²) < 4.78 is 16.9. The second kappa shape index (κ2) is 12.8. The molecule has 2 amide bonds. The first-order valence-electron chi connectivity index (χ1n) is 13.0. The molecule has 7 nitrogen and oxygen atoms in total. The number of hydrogen-bond acceptors (Lipinski definition) is 6. The van der Waals surface area contributed by atoms with Gasteiger partial charge < -0.3 is 24.0 Å². The first kappa shape index (κ1) is 27.5. The standard InChI is InChI=1S/C30H36N2O5S/c1-21(2)12-15-31(30(34)22-8-7-9-23(18-22)35-3)19-29(33)32-16-13-28-24(14-17-38-28)25(32)20-37-27-11-6-5-10-26(27)36-4/h5-11,14,17-18,21,25H,12-13,15-16,19-20H2,1-4H3. The highest BCUT2D eigenvalue weighted by molar-refractivity contribution is 7.10. The highest BCUT2D eigenvalue weighted by atomic mass is 32.1. The number of carbonyl (C=O) groups excluding carboxylic acids is 2. The Hall–Kier alpha value is -3.52. The molecule has 1 unspecified atom stereocenters. The largest absolute Gasteiger partial charge is 0.497 e. The molecule has 0 spiro atoms. The van der Waals surface area contributed by atoms with E-state index in [1.54, 1.807) is 54.7 Å². The quantitative estimate of drug-likeness (QED) is 0.326. The van der Waals surface area contributed by atoms with Crippen LogP contribution in [0.1, 0.15) is 47.1 Å². The normalized spacial score (nSPS) is 14.7. The van der Waals surface area contributed by atoms with Gasteiger partial charge in [-0.1, -0.05) is 32.0 Å². The van der Waals surface area contributed by atoms with E-state index in [4.69, 9.17) is 14.2 Å². The van der Waals surface area contributed by atoms with E-state index in [0.29, 0.717) is 48.4 Å².